The maximum atomic E-state index is 11.6. The van der Waals surface area contributed by atoms with E-state index in [1.165, 1.54) is 5.56 Å². The summed E-state index contributed by atoms with van der Waals surface area (Å²) in [5.74, 6) is 0.491. The van der Waals surface area contributed by atoms with Crippen LogP contribution in [0.1, 0.15) is 44.2 Å². The molecular formula is C19H22N4O. The van der Waals surface area contributed by atoms with E-state index in [0.717, 1.165) is 28.0 Å². The number of rotatable bonds is 4. The Labute approximate surface area is 141 Å². The number of carbonyl (C=O) groups is 1. The monoisotopic (exact) mass is 322 g/mol. The summed E-state index contributed by atoms with van der Waals surface area (Å²) in [4.78, 5) is 13.3. The number of aryl methyl sites for hydroxylation is 1. The molecule has 24 heavy (non-hydrogen) atoms. The van der Waals surface area contributed by atoms with Gasteiger partial charge in [0.05, 0.1) is 5.69 Å². The molecule has 1 aromatic heterocycles. The van der Waals surface area contributed by atoms with Crippen LogP contribution in [-0.4, -0.2) is 20.9 Å². The zero-order valence-electron chi connectivity index (χ0n) is 14.5. The first kappa shape index (κ1) is 16.2. The van der Waals surface area contributed by atoms with Crippen molar-refractivity contribution in [2.24, 2.45) is 0 Å². The van der Waals surface area contributed by atoms with Crippen LogP contribution in [0.25, 0.3) is 16.7 Å². The Hall–Kier alpha value is -2.69. The van der Waals surface area contributed by atoms with Gasteiger partial charge in [-0.1, -0.05) is 32.9 Å². The van der Waals surface area contributed by atoms with E-state index in [9.17, 15) is 4.79 Å². The van der Waals surface area contributed by atoms with Crippen LogP contribution < -0.4 is 5.32 Å². The second-order valence-corrected chi connectivity index (χ2v) is 6.29. The average Bonchev–Trinajstić information content (AvgIpc) is 2.97. The normalized spacial score (nSPS) is 11.2. The molecule has 0 saturated carbocycles. The minimum absolute atomic E-state index is 0.00545. The molecular weight excluding hydrogens is 300 g/mol. The molecule has 1 N–H and O–H groups in total. The van der Waals surface area contributed by atoms with Crippen molar-refractivity contribution < 1.29 is 4.79 Å². The molecule has 5 heteroatoms. The van der Waals surface area contributed by atoms with Gasteiger partial charge in [0.2, 0.25) is 5.91 Å². The lowest BCUT2D eigenvalue weighted by Crippen LogP contribution is -2.10. The van der Waals surface area contributed by atoms with E-state index in [4.69, 9.17) is 0 Å². The van der Waals surface area contributed by atoms with Gasteiger partial charge in [-0.3, -0.25) is 4.79 Å². The molecule has 0 aliphatic rings. The molecule has 0 radical (unpaired) electrons. The molecule has 0 atom stereocenters. The topological polar surface area (TPSA) is 59.8 Å². The second kappa shape index (κ2) is 6.43. The van der Waals surface area contributed by atoms with Gasteiger partial charge in [0, 0.05) is 12.1 Å². The van der Waals surface area contributed by atoms with E-state index in [1.54, 1.807) is 4.80 Å². The Morgan fingerprint density at radius 1 is 1.12 bits per heavy atom. The summed E-state index contributed by atoms with van der Waals surface area (Å²) in [5.41, 5.74) is 5.56. The fourth-order valence-corrected chi connectivity index (χ4v) is 2.55. The van der Waals surface area contributed by atoms with Crippen LogP contribution in [-0.2, 0) is 4.79 Å². The van der Waals surface area contributed by atoms with E-state index < -0.39 is 0 Å². The minimum atomic E-state index is -0.00545. The number of amides is 1. The largest absolute Gasteiger partial charge is 0.326 e. The first-order valence-electron chi connectivity index (χ1n) is 8.26. The standard InChI is InChI=1S/C19H22N4O/c1-5-19(24)20-16-11-18-17(10-13(16)4)21-23(22-18)15-8-6-14(7-9-15)12(2)3/h6-12H,5H2,1-4H3,(H,20,24). The third-order valence-electron chi connectivity index (χ3n) is 4.11. The Morgan fingerprint density at radius 2 is 1.75 bits per heavy atom. The van der Waals surface area contributed by atoms with Gasteiger partial charge in [0.25, 0.3) is 0 Å². The zero-order valence-corrected chi connectivity index (χ0v) is 14.5. The van der Waals surface area contributed by atoms with Crippen molar-refractivity contribution in [3.63, 3.8) is 0 Å². The molecule has 124 valence electrons. The average molecular weight is 322 g/mol. The van der Waals surface area contributed by atoms with Crippen molar-refractivity contribution in [3.05, 3.63) is 47.5 Å². The van der Waals surface area contributed by atoms with Gasteiger partial charge >= 0.3 is 0 Å². The van der Waals surface area contributed by atoms with E-state index in [-0.39, 0.29) is 5.91 Å². The van der Waals surface area contributed by atoms with Gasteiger partial charge in [0.1, 0.15) is 11.0 Å². The lowest BCUT2D eigenvalue weighted by Gasteiger charge is -2.06. The van der Waals surface area contributed by atoms with E-state index in [0.29, 0.717) is 12.3 Å². The van der Waals surface area contributed by atoms with Crippen LogP contribution in [0.4, 0.5) is 5.69 Å². The Balaban J connectivity index is 1.97. The molecule has 0 bridgehead atoms. The number of anilines is 1. The van der Waals surface area contributed by atoms with E-state index in [2.05, 4.69) is 41.5 Å². The van der Waals surface area contributed by atoms with Gasteiger partial charge < -0.3 is 5.32 Å². The van der Waals surface area contributed by atoms with Crippen molar-refractivity contribution in [2.75, 3.05) is 5.32 Å². The van der Waals surface area contributed by atoms with Crippen molar-refractivity contribution in [2.45, 2.75) is 40.0 Å². The molecule has 0 aliphatic heterocycles. The summed E-state index contributed by atoms with van der Waals surface area (Å²) >= 11 is 0. The highest BCUT2D eigenvalue weighted by Gasteiger charge is 2.10. The third kappa shape index (κ3) is 3.15. The number of hydrogen-bond donors (Lipinski definition) is 1. The highest BCUT2D eigenvalue weighted by Crippen LogP contribution is 2.23. The molecule has 0 aliphatic carbocycles. The highest BCUT2D eigenvalue weighted by atomic mass is 16.1. The smallest absolute Gasteiger partial charge is 0.224 e. The van der Waals surface area contributed by atoms with Crippen LogP contribution in [0.15, 0.2) is 36.4 Å². The molecule has 1 heterocycles. The van der Waals surface area contributed by atoms with Gasteiger partial charge in [-0.25, -0.2) is 0 Å². The van der Waals surface area contributed by atoms with Crippen molar-refractivity contribution in [3.8, 4) is 5.69 Å². The molecule has 0 saturated heterocycles. The number of carbonyl (C=O) groups excluding carboxylic acids is 1. The third-order valence-corrected chi connectivity index (χ3v) is 4.11. The van der Waals surface area contributed by atoms with Gasteiger partial charge in [-0.15, -0.1) is 10.2 Å². The minimum Gasteiger partial charge on any atom is -0.326 e. The molecule has 2 aromatic carbocycles. The molecule has 0 fully saturated rings. The number of nitrogens with one attached hydrogen (secondary N) is 1. The van der Waals surface area contributed by atoms with E-state index in [1.807, 2.05) is 38.1 Å². The highest BCUT2D eigenvalue weighted by molar-refractivity contribution is 5.93. The number of benzene rings is 2. The van der Waals surface area contributed by atoms with Crippen molar-refractivity contribution in [1.82, 2.24) is 15.0 Å². The first-order valence-corrected chi connectivity index (χ1v) is 8.26. The lowest BCUT2D eigenvalue weighted by atomic mass is 10.0. The molecule has 3 aromatic rings. The van der Waals surface area contributed by atoms with Gasteiger partial charge in [-0.05, 0) is 48.2 Å². The summed E-state index contributed by atoms with van der Waals surface area (Å²) in [6.45, 7) is 8.14. The van der Waals surface area contributed by atoms with Crippen LogP contribution >= 0.6 is 0 Å². The fourth-order valence-electron chi connectivity index (χ4n) is 2.55. The number of fused-ring (bicyclic) bond motifs is 1. The van der Waals surface area contributed by atoms with Crippen LogP contribution in [0.2, 0.25) is 0 Å². The molecule has 0 spiro atoms. The second-order valence-electron chi connectivity index (χ2n) is 6.29. The van der Waals surface area contributed by atoms with Crippen LogP contribution in [0.5, 0.6) is 0 Å². The zero-order chi connectivity index (χ0) is 17.3. The fraction of sp³-hybridized carbons (Fsp3) is 0.316. The molecule has 0 unspecified atom stereocenters. The van der Waals surface area contributed by atoms with Crippen LogP contribution in [0, 0.1) is 6.92 Å². The van der Waals surface area contributed by atoms with Crippen molar-refractivity contribution >= 4 is 22.6 Å². The number of nitrogens with zero attached hydrogens (tertiary/aromatic N) is 3. The summed E-state index contributed by atoms with van der Waals surface area (Å²) in [6, 6.07) is 12.1. The molecule has 5 nitrogen and oxygen atoms in total. The maximum Gasteiger partial charge on any atom is 0.224 e. The Kier molecular flexibility index (Phi) is 4.34. The Bertz CT molecular complexity index is 878. The summed E-state index contributed by atoms with van der Waals surface area (Å²) in [7, 11) is 0. The van der Waals surface area contributed by atoms with Crippen LogP contribution in [0.3, 0.4) is 0 Å². The molecule has 3 rings (SSSR count). The molecule has 1 amide bonds. The number of hydrogen-bond acceptors (Lipinski definition) is 3. The maximum absolute atomic E-state index is 11.6. The van der Waals surface area contributed by atoms with Gasteiger partial charge in [-0.2, -0.15) is 4.80 Å². The Morgan fingerprint density at radius 3 is 2.33 bits per heavy atom. The first-order chi connectivity index (χ1) is 11.5. The lowest BCUT2D eigenvalue weighted by molar-refractivity contribution is -0.115. The SMILES string of the molecule is CCC(=O)Nc1cc2nn(-c3ccc(C(C)C)cc3)nc2cc1C. The predicted molar refractivity (Wildman–Crippen MR) is 96.6 cm³/mol. The summed E-state index contributed by atoms with van der Waals surface area (Å²) in [6.07, 6.45) is 0.451. The van der Waals surface area contributed by atoms with E-state index >= 15 is 0 Å². The summed E-state index contributed by atoms with van der Waals surface area (Å²) in [5, 5.41) is 12.0. The van der Waals surface area contributed by atoms with Crippen molar-refractivity contribution in [1.29, 1.82) is 0 Å². The van der Waals surface area contributed by atoms with Gasteiger partial charge in [0.15, 0.2) is 0 Å². The quantitative estimate of drug-likeness (QED) is 0.783. The number of aromatic nitrogens is 3. The predicted octanol–water partition coefficient (Wildman–Crippen LogP) is 4.20. The summed E-state index contributed by atoms with van der Waals surface area (Å²) < 4.78 is 0.